The topological polar surface area (TPSA) is 38.3 Å². The number of hydrogen-bond donors (Lipinski definition) is 1. The molecule has 3 heteroatoms. The molecular weight excluding hydrogens is 286 g/mol. The van der Waals surface area contributed by atoms with E-state index in [-0.39, 0.29) is 18.0 Å². The Bertz CT molecular complexity index is 476. The van der Waals surface area contributed by atoms with Crippen molar-refractivity contribution in [1.82, 2.24) is 5.32 Å². The highest BCUT2D eigenvalue weighted by Gasteiger charge is 2.27. The summed E-state index contributed by atoms with van der Waals surface area (Å²) in [5.41, 5.74) is 1.12. The normalized spacial score (nSPS) is 21.2. The fourth-order valence-corrected chi connectivity index (χ4v) is 3.93. The first-order chi connectivity index (χ1) is 11.3. The molecule has 1 atom stereocenters. The average Bonchev–Trinajstić information content (AvgIpc) is 3.10. The minimum absolute atomic E-state index is 0.00275. The zero-order chi connectivity index (χ0) is 15.9. The van der Waals surface area contributed by atoms with Crippen LogP contribution in [0.4, 0.5) is 0 Å². The largest absolute Gasteiger partial charge is 0.462 e. The van der Waals surface area contributed by atoms with Gasteiger partial charge in [-0.25, -0.2) is 0 Å². The Kier molecular flexibility index (Phi) is 6.09. The van der Waals surface area contributed by atoms with Crippen molar-refractivity contribution >= 4 is 5.97 Å². The van der Waals surface area contributed by atoms with E-state index in [0.717, 1.165) is 50.3 Å². The van der Waals surface area contributed by atoms with Crippen LogP contribution in [0.25, 0.3) is 0 Å². The second kappa shape index (κ2) is 8.49. The zero-order valence-corrected chi connectivity index (χ0v) is 14.0. The number of benzene rings is 1. The van der Waals surface area contributed by atoms with Gasteiger partial charge in [-0.05, 0) is 75.9 Å². The lowest BCUT2D eigenvalue weighted by Crippen LogP contribution is -2.28. The first kappa shape index (κ1) is 16.5. The molecule has 0 radical (unpaired) electrons. The minimum atomic E-state index is -0.0910. The molecule has 1 aliphatic carbocycles. The molecule has 126 valence electrons. The summed E-state index contributed by atoms with van der Waals surface area (Å²) in [6.45, 7) is 2.24. The molecule has 1 saturated heterocycles. The highest BCUT2D eigenvalue weighted by Crippen LogP contribution is 2.30. The van der Waals surface area contributed by atoms with Crippen LogP contribution in [-0.2, 0) is 9.53 Å². The monoisotopic (exact) mass is 315 g/mol. The van der Waals surface area contributed by atoms with Crippen LogP contribution < -0.4 is 5.32 Å². The molecule has 0 unspecified atom stereocenters. The molecule has 3 rings (SSSR count). The second-order valence-electron chi connectivity index (χ2n) is 7.08. The van der Waals surface area contributed by atoms with Gasteiger partial charge in [0.1, 0.15) is 6.10 Å². The molecule has 1 aromatic rings. The van der Waals surface area contributed by atoms with E-state index in [1.165, 1.54) is 25.7 Å². The lowest BCUT2D eigenvalue weighted by atomic mass is 9.86. The van der Waals surface area contributed by atoms with Crippen molar-refractivity contribution in [2.45, 2.75) is 63.4 Å². The molecular formula is C20H29NO2. The van der Waals surface area contributed by atoms with Crippen molar-refractivity contribution in [2.24, 2.45) is 5.92 Å². The number of esters is 1. The van der Waals surface area contributed by atoms with E-state index in [1.54, 1.807) is 0 Å². The predicted octanol–water partition coefficient (Wildman–Crippen LogP) is 4.04. The van der Waals surface area contributed by atoms with Gasteiger partial charge in [-0.2, -0.15) is 0 Å². The third-order valence-electron chi connectivity index (χ3n) is 5.39. The van der Waals surface area contributed by atoms with Gasteiger partial charge in [0.05, 0.1) is 5.92 Å². The maximum absolute atomic E-state index is 12.7. The molecule has 0 spiro atoms. The van der Waals surface area contributed by atoms with Gasteiger partial charge in [-0.15, -0.1) is 0 Å². The standard InChI is InChI=1S/C20H29NO2/c22-20(23-18-8-4-5-9-18)19(17-6-2-1-3-7-17)11-10-16-12-14-21-15-13-16/h1-3,6-7,16,18-19,21H,4-5,8-15H2/t19-/m0/s1. The predicted molar refractivity (Wildman–Crippen MR) is 92.4 cm³/mol. The summed E-state index contributed by atoms with van der Waals surface area (Å²) < 4.78 is 5.82. The zero-order valence-electron chi connectivity index (χ0n) is 14.0. The van der Waals surface area contributed by atoms with Crippen LogP contribution in [0.15, 0.2) is 30.3 Å². The molecule has 0 amide bonds. The third-order valence-corrected chi connectivity index (χ3v) is 5.39. The van der Waals surface area contributed by atoms with E-state index in [4.69, 9.17) is 4.74 Å². The van der Waals surface area contributed by atoms with E-state index in [2.05, 4.69) is 17.4 Å². The van der Waals surface area contributed by atoms with Gasteiger partial charge in [0.15, 0.2) is 0 Å². The van der Waals surface area contributed by atoms with Crippen molar-refractivity contribution in [3.8, 4) is 0 Å². The molecule has 2 fully saturated rings. The lowest BCUT2D eigenvalue weighted by Gasteiger charge is -2.25. The summed E-state index contributed by atoms with van der Waals surface area (Å²) in [6.07, 6.45) is 9.15. The fraction of sp³-hybridized carbons (Fsp3) is 0.650. The number of carbonyl (C=O) groups excluding carboxylic acids is 1. The molecule has 0 aromatic heterocycles. The maximum Gasteiger partial charge on any atom is 0.313 e. The van der Waals surface area contributed by atoms with Crippen molar-refractivity contribution in [2.75, 3.05) is 13.1 Å². The highest BCUT2D eigenvalue weighted by atomic mass is 16.5. The van der Waals surface area contributed by atoms with Crippen LogP contribution in [-0.4, -0.2) is 25.2 Å². The van der Waals surface area contributed by atoms with E-state index < -0.39 is 0 Å². The van der Waals surface area contributed by atoms with Crippen molar-refractivity contribution in [1.29, 1.82) is 0 Å². The number of piperidine rings is 1. The summed E-state index contributed by atoms with van der Waals surface area (Å²) in [7, 11) is 0. The first-order valence-electron chi connectivity index (χ1n) is 9.29. The number of ether oxygens (including phenoxy) is 1. The molecule has 1 N–H and O–H groups in total. The SMILES string of the molecule is O=C(OC1CCCC1)[C@@H](CCC1CCNCC1)c1ccccc1. The van der Waals surface area contributed by atoms with E-state index in [1.807, 2.05) is 18.2 Å². The molecule has 23 heavy (non-hydrogen) atoms. The van der Waals surface area contributed by atoms with Crippen LogP contribution in [0.1, 0.15) is 62.8 Å². The minimum Gasteiger partial charge on any atom is -0.462 e. The number of hydrogen-bond acceptors (Lipinski definition) is 3. The molecule has 1 aliphatic heterocycles. The Labute approximate surface area is 139 Å². The molecule has 0 bridgehead atoms. The van der Waals surface area contributed by atoms with E-state index in [9.17, 15) is 4.79 Å². The fourth-order valence-electron chi connectivity index (χ4n) is 3.93. The van der Waals surface area contributed by atoms with Crippen LogP contribution >= 0.6 is 0 Å². The Morgan fingerprint density at radius 1 is 1.09 bits per heavy atom. The van der Waals surface area contributed by atoms with Gasteiger partial charge in [-0.3, -0.25) is 4.79 Å². The Balaban J connectivity index is 1.61. The lowest BCUT2D eigenvalue weighted by molar-refractivity contribution is -0.150. The Morgan fingerprint density at radius 2 is 1.78 bits per heavy atom. The quantitative estimate of drug-likeness (QED) is 0.805. The van der Waals surface area contributed by atoms with Crippen LogP contribution in [0.2, 0.25) is 0 Å². The molecule has 1 heterocycles. The van der Waals surface area contributed by atoms with Gasteiger partial charge in [-0.1, -0.05) is 30.3 Å². The average molecular weight is 315 g/mol. The summed E-state index contributed by atoms with van der Waals surface area (Å²) in [4.78, 5) is 12.7. The third kappa shape index (κ3) is 4.81. The van der Waals surface area contributed by atoms with Gasteiger partial charge < -0.3 is 10.1 Å². The van der Waals surface area contributed by atoms with Gasteiger partial charge >= 0.3 is 5.97 Å². The van der Waals surface area contributed by atoms with E-state index in [0.29, 0.717) is 0 Å². The molecule has 2 aliphatic rings. The van der Waals surface area contributed by atoms with Gasteiger partial charge in [0, 0.05) is 0 Å². The highest BCUT2D eigenvalue weighted by molar-refractivity contribution is 5.78. The second-order valence-corrected chi connectivity index (χ2v) is 7.08. The van der Waals surface area contributed by atoms with Crippen molar-refractivity contribution in [3.63, 3.8) is 0 Å². The smallest absolute Gasteiger partial charge is 0.313 e. The van der Waals surface area contributed by atoms with Crippen LogP contribution in [0, 0.1) is 5.92 Å². The van der Waals surface area contributed by atoms with E-state index >= 15 is 0 Å². The first-order valence-corrected chi connectivity index (χ1v) is 9.29. The molecule has 3 nitrogen and oxygen atoms in total. The number of carbonyl (C=O) groups is 1. The Morgan fingerprint density at radius 3 is 2.48 bits per heavy atom. The van der Waals surface area contributed by atoms with Gasteiger partial charge in [0.2, 0.25) is 0 Å². The van der Waals surface area contributed by atoms with Gasteiger partial charge in [0.25, 0.3) is 0 Å². The summed E-state index contributed by atoms with van der Waals surface area (Å²) in [5.74, 6) is 0.658. The summed E-state index contributed by atoms with van der Waals surface area (Å²) in [6, 6.07) is 10.2. The van der Waals surface area contributed by atoms with Crippen molar-refractivity contribution < 1.29 is 9.53 Å². The number of nitrogens with one attached hydrogen (secondary N) is 1. The summed E-state index contributed by atoms with van der Waals surface area (Å²) >= 11 is 0. The maximum atomic E-state index is 12.7. The van der Waals surface area contributed by atoms with Crippen LogP contribution in [0.5, 0.6) is 0 Å². The van der Waals surface area contributed by atoms with Crippen molar-refractivity contribution in [3.05, 3.63) is 35.9 Å². The molecule has 1 saturated carbocycles. The summed E-state index contributed by atoms with van der Waals surface area (Å²) in [5, 5.41) is 3.41. The van der Waals surface area contributed by atoms with Crippen LogP contribution in [0.3, 0.4) is 0 Å². The Hall–Kier alpha value is -1.35. The molecule has 1 aromatic carbocycles. The number of rotatable bonds is 6.